The van der Waals surface area contributed by atoms with Crippen LogP contribution in [0, 0.1) is 0 Å². The molecular weight excluding hydrogens is 232 g/mol. The Hall–Kier alpha value is -0.650. The van der Waals surface area contributed by atoms with Crippen LogP contribution in [0.5, 0.6) is 0 Å². The van der Waals surface area contributed by atoms with Crippen LogP contribution < -0.4 is 5.32 Å². The van der Waals surface area contributed by atoms with Crippen LogP contribution in [0.1, 0.15) is 32.6 Å². The van der Waals surface area contributed by atoms with E-state index < -0.39 is 12.1 Å². The van der Waals surface area contributed by atoms with E-state index >= 15 is 0 Å². The lowest BCUT2D eigenvalue weighted by Gasteiger charge is -2.22. The maximum absolute atomic E-state index is 10.8. The largest absolute Gasteiger partial charge is 0.479 e. The fraction of sp³-hybridized carbons (Fsp3) is 0.923. The van der Waals surface area contributed by atoms with Crippen molar-refractivity contribution < 1.29 is 14.6 Å². The van der Waals surface area contributed by atoms with Crippen molar-refractivity contribution >= 4 is 5.97 Å². The average Bonchev–Trinajstić information content (AvgIpc) is 2.96. The molecule has 0 amide bonds. The highest BCUT2D eigenvalue weighted by Gasteiger charge is 2.30. The average molecular weight is 256 g/mol. The van der Waals surface area contributed by atoms with Crippen molar-refractivity contribution in [2.75, 3.05) is 26.2 Å². The first-order valence-corrected chi connectivity index (χ1v) is 6.99. The molecule has 2 fully saturated rings. The molecule has 0 aliphatic carbocycles. The predicted octanol–water partition coefficient (Wildman–Crippen LogP) is 0.693. The van der Waals surface area contributed by atoms with Crippen LogP contribution >= 0.6 is 0 Å². The summed E-state index contributed by atoms with van der Waals surface area (Å²) in [6.45, 7) is 6.45. The van der Waals surface area contributed by atoms with Gasteiger partial charge in [-0.05, 0) is 45.7 Å². The number of hydrogen-bond donors (Lipinski definition) is 2. The predicted molar refractivity (Wildman–Crippen MR) is 68.7 cm³/mol. The zero-order valence-corrected chi connectivity index (χ0v) is 11.1. The normalized spacial score (nSPS) is 30.7. The molecule has 0 spiro atoms. The van der Waals surface area contributed by atoms with Crippen LogP contribution in [0.2, 0.25) is 0 Å². The molecule has 3 unspecified atom stereocenters. The van der Waals surface area contributed by atoms with Gasteiger partial charge in [-0.3, -0.25) is 0 Å². The minimum atomic E-state index is -0.831. The number of nitrogens with one attached hydrogen (secondary N) is 1. The number of hydrogen-bond acceptors (Lipinski definition) is 4. The van der Waals surface area contributed by atoms with E-state index in [9.17, 15) is 4.79 Å². The lowest BCUT2D eigenvalue weighted by Crippen LogP contribution is -2.41. The quantitative estimate of drug-likeness (QED) is 0.732. The second-order valence-corrected chi connectivity index (χ2v) is 5.48. The third-order valence-electron chi connectivity index (χ3n) is 3.81. The smallest absolute Gasteiger partial charge is 0.332 e. The van der Waals surface area contributed by atoms with Gasteiger partial charge in [0.25, 0.3) is 0 Å². The standard InChI is InChI=1S/C13H24N2O3/c1-10(9-15-6-2-3-7-15)14-8-11-4-5-12(18-11)13(16)17/h10-12,14H,2-9H2,1H3,(H,16,17). The molecule has 0 aromatic rings. The Morgan fingerprint density at radius 1 is 1.44 bits per heavy atom. The summed E-state index contributed by atoms with van der Waals surface area (Å²) in [4.78, 5) is 13.2. The van der Waals surface area contributed by atoms with Gasteiger partial charge in [-0.15, -0.1) is 0 Å². The van der Waals surface area contributed by atoms with Crippen LogP contribution in [-0.2, 0) is 9.53 Å². The van der Waals surface area contributed by atoms with E-state index in [2.05, 4.69) is 17.1 Å². The summed E-state index contributed by atoms with van der Waals surface area (Å²) >= 11 is 0. The number of nitrogens with zero attached hydrogens (tertiary/aromatic N) is 1. The van der Waals surface area contributed by atoms with Crippen LogP contribution in [-0.4, -0.2) is 60.4 Å². The third-order valence-corrected chi connectivity index (χ3v) is 3.81. The van der Waals surface area contributed by atoms with Gasteiger partial charge in [-0.25, -0.2) is 4.79 Å². The number of carboxylic acid groups (broad SMARTS) is 1. The topological polar surface area (TPSA) is 61.8 Å². The molecule has 0 bridgehead atoms. The number of likely N-dealkylation sites (tertiary alicyclic amines) is 1. The van der Waals surface area contributed by atoms with Gasteiger partial charge in [0.15, 0.2) is 6.10 Å². The lowest BCUT2D eigenvalue weighted by atomic mass is 10.2. The molecule has 2 aliphatic rings. The molecule has 0 radical (unpaired) electrons. The number of aliphatic carboxylic acids is 1. The molecule has 3 atom stereocenters. The van der Waals surface area contributed by atoms with Crippen molar-refractivity contribution in [1.82, 2.24) is 10.2 Å². The molecule has 0 aromatic carbocycles. The van der Waals surface area contributed by atoms with Crippen molar-refractivity contribution in [3.8, 4) is 0 Å². The van der Waals surface area contributed by atoms with E-state index in [0.717, 1.165) is 19.5 Å². The second kappa shape index (κ2) is 6.50. The molecule has 2 saturated heterocycles. The Kier molecular flexibility index (Phi) is 4.97. The first kappa shape index (κ1) is 13.8. The maximum Gasteiger partial charge on any atom is 0.332 e. The molecule has 2 aliphatic heterocycles. The van der Waals surface area contributed by atoms with Crippen LogP contribution in [0.4, 0.5) is 0 Å². The Morgan fingerprint density at radius 2 is 2.17 bits per heavy atom. The third kappa shape index (κ3) is 3.93. The summed E-state index contributed by atoms with van der Waals surface area (Å²) < 4.78 is 5.47. The van der Waals surface area contributed by atoms with Crippen molar-refractivity contribution in [3.63, 3.8) is 0 Å². The van der Waals surface area contributed by atoms with E-state index in [4.69, 9.17) is 9.84 Å². The Labute approximate surface area is 108 Å². The molecular formula is C13H24N2O3. The van der Waals surface area contributed by atoms with Crippen molar-refractivity contribution in [1.29, 1.82) is 0 Å². The summed E-state index contributed by atoms with van der Waals surface area (Å²) in [6, 6.07) is 0.440. The summed E-state index contributed by atoms with van der Waals surface area (Å²) in [6.07, 6.45) is 3.60. The Morgan fingerprint density at radius 3 is 2.78 bits per heavy atom. The highest BCUT2D eigenvalue weighted by Crippen LogP contribution is 2.19. The first-order valence-electron chi connectivity index (χ1n) is 6.99. The van der Waals surface area contributed by atoms with Crippen molar-refractivity contribution in [3.05, 3.63) is 0 Å². The van der Waals surface area contributed by atoms with Gasteiger partial charge in [0.1, 0.15) is 0 Å². The van der Waals surface area contributed by atoms with Crippen LogP contribution in [0.25, 0.3) is 0 Å². The number of carboxylic acids is 1. The van der Waals surface area contributed by atoms with Gasteiger partial charge in [-0.1, -0.05) is 0 Å². The van der Waals surface area contributed by atoms with E-state index in [-0.39, 0.29) is 6.10 Å². The van der Waals surface area contributed by atoms with Gasteiger partial charge >= 0.3 is 5.97 Å². The Bertz CT molecular complexity index is 279. The van der Waals surface area contributed by atoms with Gasteiger partial charge in [0.05, 0.1) is 6.10 Å². The maximum atomic E-state index is 10.8. The zero-order valence-electron chi connectivity index (χ0n) is 11.1. The molecule has 104 valence electrons. The molecule has 2 rings (SSSR count). The number of rotatable bonds is 6. The van der Waals surface area contributed by atoms with Gasteiger partial charge in [0, 0.05) is 19.1 Å². The summed E-state index contributed by atoms with van der Waals surface area (Å²) in [5, 5.41) is 12.3. The zero-order chi connectivity index (χ0) is 13.0. The van der Waals surface area contributed by atoms with Crippen LogP contribution in [0.15, 0.2) is 0 Å². The highest BCUT2D eigenvalue weighted by atomic mass is 16.5. The molecule has 18 heavy (non-hydrogen) atoms. The minimum Gasteiger partial charge on any atom is -0.479 e. The summed E-state index contributed by atoms with van der Waals surface area (Å²) in [5.41, 5.74) is 0. The highest BCUT2D eigenvalue weighted by molar-refractivity contribution is 5.72. The second-order valence-electron chi connectivity index (χ2n) is 5.48. The molecule has 2 heterocycles. The Balaban J connectivity index is 1.61. The molecule has 0 saturated carbocycles. The lowest BCUT2D eigenvalue weighted by molar-refractivity contribution is -0.149. The SMILES string of the molecule is CC(CN1CCCC1)NCC1CCC(C(=O)O)O1. The molecule has 0 aromatic heterocycles. The first-order chi connectivity index (χ1) is 8.65. The molecule has 5 heteroatoms. The fourth-order valence-electron chi connectivity index (χ4n) is 2.79. The summed E-state index contributed by atoms with van der Waals surface area (Å²) in [5.74, 6) is -0.831. The molecule has 2 N–H and O–H groups in total. The van der Waals surface area contributed by atoms with E-state index in [1.54, 1.807) is 0 Å². The van der Waals surface area contributed by atoms with Gasteiger partial charge < -0.3 is 20.1 Å². The van der Waals surface area contributed by atoms with Crippen molar-refractivity contribution in [2.24, 2.45) is 0 Å². The van der Waals surface area contributed by atoms with E-state index in [1.165, 1.54) is 25.9 Å². The minimum absolute atomic E-state index is 0.0622. The number of ether oxygens (including phenoxy) is 1. The number of carbonyl (C=O) groups is 1. The fourth-order valence-corrected chi connectivity index (χ4v) is 2.79. The van der Waals surface area contributed by atoms with Crippen molar-refractivity contribution in [2.45, 2.75) is 50.9 Å². The molecule has 5 nitrogen and oxygen atoms in total. The van der Waals surface area contributed by atoms with E-state index in [0.29, 0.717) is 12.5 Å². The summed E-state index contributed by atoms with van der Waals surface area (Å²) in [7, 11) is 0. The van der Waals surface area contributed by atoms with Crippen LogP contribution in [0.3, 0.4) is 0 Å². The van der Waals surface area contributed by atoms with Gasteiger partial charge in [-0.2, -0.15) is 0 Å². The monoisotopic (exact) mass is 256 g/mol. The van der Waals surface area contributed by atoms with E-state index in [1.807, 2.05) is 0 Å². The van der Waals surface area contributed by atoms with Gasteiger partial charge in [0.2, 0.25) is 0 Å².